The monoisotopic (exact) mass is 567 g/mol. The average Bonchev–Trinajstić information content (AvgIpc) is 2.73. The first-order valence-electron chi connectivity index (χ1n) is 11.3. The lowest BCUT2D eigenvalue weighted by Crippen LogP contribution is -2.33. The van der Waals surface area contributed by atoms with Crippen LogP contribution < -0.4 is 10.1 Å². The van der Waals surface area contributed by atoms with Gasteiger partial charge in [-0.1, -0.05) is 60.1 Å². The van der Waals surface area contributed by atoms with Crippen LogP contribution >= 0.6 is 31.9 Å². The smallest absolute Gasteiger partial charge is 0.162 e. The number of carbonyl (C=O) groups excluding carboxylic acids is 1. The molecule has 0 saturated heterocycles. The van der Waals surface area contributed by atoms with E-state index in [0.29, 0.717) is 6.42 Å². The Morgan fingerprint density at radius 2 is 1.82 bits per heavy atom. The number of nitrogens with one attached hydrogen (secondary N) is 1. The van der Waals surface area contributed by atoms with Gasteiger partial charge < -0.3 is 10.1 Å². The summed E-state index contributed by atoms with van der Waals surface area (Å²) in [5.41, 5.74) is 5.15. The minimum absolute atomic E-state index is 0.00971. The van der Waals surface area contributed by atoms with Crippen molar-refractivity contribution < 1.29 is 9.53 Å². The van der Waals surface area contributed by atoms with E-state index < -0.39 is 0 Å². The molecule has 5 heteroatoms. The maximum atomic E-state index is 13.7. The molecule has 3 nitrogen and oxygen atoms in total. The zero-order valence-corrected chi connectivity index (χ0v) is 22.4. The third-order valence-corrected chi connectivity index (χ3v) is 7.49. The van der Waals surface area contributed by atoms with Gasteiger partial charge in [0.2, 0.25) is 0 Å². The molecule has 1 atom stereocenters. The molecular formula is C28H27Br2NO2. The second kappa shape index (κ2) is 8.28. The average molecular weight is 569 g/mol. The number of hydrogen-bond donors (Lipinski definition) is 1. The first kappa shape index (κ1) is 22.7. The Kier molecular flexibility index (Phi) is 5.69. The second-order valence-corrected chi connectivity index (χ2v) is 11.9. The van der Waals surface area contributed by atoms with E-state index in [9.17, 15) is 4.79 Å². The number of Topliss-reactive ketones (excluding diaryl/α,β-unsaturated/α-hetero) is 1. The van der Waals surface area contributed by atoms with Crippen molar-refractivity contribution in [2.45, 2.75) is 52.7 Å². The molecule has 5 rings (SSSR count). The fourth-order valence-electron chi connectivity index (χ4n) is 5.23. The van der Waals surface area contributed by atoms with Crippen molar-refractivity contribution in [3.63, 3.8) is 0 Å². The quantitative estimate of drug-likeness (QED) is 0.344. The van der Waals surface area contributed by atoms with Crippen LogP contribution in [0.4, 0.5) is 5.69 Å². The van der Waals surface area contributed by atoms with Crippen LogP contribution in [0.25, 0.3) is 16.3 Å². The van der Waals surface area contributed by atoms with Crippen LogP contribution in [-0.4, -0.2) is 11.9 Å². The molecule has 2 aliphatic rings. The van der Waals surface area contributed by atoms with Crippen molar-refractivity contribution in [1.29, 1.82) is 0 Å². The number of ether oxygens (including phenoxy) is 1. The third-order valence-electron chi connectivity index (χ3n) is 6.44. The molecule has 1 aliphatic heterocycles. The van der Waals surface area contributed by atoms with E-state index in [4.69, 9.17) is 4.74 Å². The molecule has 1 heterocycles. The van der Waals surface area contributed by atoms with Gasteiger partial charge in [0.25, 0.3) is 0 Å². The molecular weight excluding hydrogens is 542 g/mol. The molecule has 170 valence electrons. The summed E-state index contributed by atoms with van der Waals surface area (Å²) in [5, 5.41) is 6.11. The number of anilines is 1. The van der Waals surface area contributed by atoms with Crippen LogP contribution in [0.3, 0.4) is 0 Å². The molecule has 0 amide bonds. The van der Waals surface area contributed by atoms with E-state index in [1.54, 1.807) is 0 Å². The van der Waals surface area contributed by atoms with E-state index in [1.807, 2.05) is 19.9 Å². The summed E-state index contributed by atoms with van der Waals surface area (Å²) in [5.74, 6) is 0.989. The Bertz CT molecular complexity index is 1320. The summed E-state index contributed by atoms with van der Waals surface area (Å²) in [6, 6.07) is 16.5. The molecule has 33 heavy (non-hydrogen) atoms. The molecule has 0 saturated carbocycles. The van der Waals surface area contributed by atoms with Gasteiger partial charge in [0, 0.05) is 33.3 Å². The summed E-state index contributed by atoms with van der Waals surface area (Å²) in [6.07, 6.45) is 1.41. The van der Waals surface area contributed by atoms with Crippen molar-refractivity contribution >= 4 is 59.7 Å². The lowest BCUT2D eigenvalue weighted by molar-refractivity contribution is -0.118. The SMILES string of the molecule is CC(C)Oc1c(Br)cc(Br)cc1[C@@H]1Nc2ccc3ccccc3c2C2=C1C(=O)CC(C)(C)C2. The van der Waals surface area contributed by atoms with Crippen LogP contribution in [0.5, 0.6) is 5.75 Å². The molecule has 1 N–H and O–H groups in total. The predicted octanol–water partition coefficient (Wildman–Crippen LogP) is 8.46. The normalized spacial score (nSPS) is 19.4. The molecule has 0 radical (unpaired) electrons. The Hall–Kier alpha value is -2.11. The zero-order valence-electron chi connectivity index (χ0n) is 19.3. The highest BCUT2D eigenvalue weighted by Crippen LogP contribution is 2.53. The number of rotatable bonds is 3. The van der Waals surface area contributed by atoms with Crippen LogP contribution in [0, 0.1) is 5.41 Å². The van der Waals surface area contributed by atoms with Gasteiger partial charge in [-0.05, 0) is 76.2 Å². The number of benzene rings is 3. The summed E-state index contributed by atoms with van der Waals surface area (Å²) in [7, 11) is 0. The number of carbonyl (C=O) groups is 1. The van der Waals surface area contributed by atoms with Crippen LogP contribution in [-0.2, 0) is 4.79 Å². The van der Waals surface area contributed by atoms with Gasteiger partial charge in [0.05, 0.1) is 16.6 Å². The largest absolute Gasteiger partial charge is 0.489 e. The van der Waals surface area contributed by atoms with Crippen molar-refractivity contribution in [2.75, 3.05) is 5.32 Å². The predicted molar refractivity (Wildman–Crippen MR) is 143 cm³/mol. The van der Waals surface area contributed by atoms with Gasteiger partial charge >= 0.3 is 0 Å². The second-order valence-electron chi connectivity index (χ2n) is 10.1. The Morgan fingerprint density at radius 3 is 2.58 bits per heavy atom. The first-order valence-corrected chi connectivity index (χ1v) is 12.9. The lowest BCUT2D eigenvalue weighted by Gasteiger charge is -2.40. The van der Waals surface area contributed by atoms with Gasteiger partial charge in [-0.2, -0.15) is 0 Å². The number of hydrogen-bond acceptors (Lipinski definition) is 3. The molecule has 0 bridgehead atoms. The van der Waals surface area contributed by atoms with Crippen molar-refractivity contribution in [2.24, 2.45) is 5.41 Å². The summed E-state index contributed by atoms with van der Waals surface area (Å²) < 4.78 is 8.07. The molecule has 0 aromatic heterocycles. The van der Waals surface area contributed by atoms with Gasteiger partial charge in [-0.25, -0.2) is 0 Å². The van der Waals surface area contributed by atoms with E-state index in [1.165, 1.54) is 21.9 Å². The fourth-order valence-corrected chi connectivity index (χ4v) is 6.58. The molecule has 3 aromatic carbocycles. The van der Waals surface area contributed by atoms with Gasteiger partial charge in [0.15, 0.2) is 5.78 Å². The number of ketones is 1. The van der Waals surface area contributed by atoms with Crippen LogP contribution in [0.1, 0.15) is 57.7 Å². The number of fused-ring (bicyclic) bond motifs is 4. The standard InChI is InChI=1S/C28H27Br2NO2/c1-15(2)33-27-19(11-17(29)12-21(27)30)26-25-20(13-28(3,4)14-23(25)32)24-18-8-6-5-7-16(18)9-10-22(24)31-26/h5-12,15,26,31H,13-14H2,1-4H3/t26-/m0/s1. The summed E-state index contributed by atoms with van der Waals surface area (Å²) in [4.78, 5) is 13.7. The van der Waals surface area contributed by atoms with Gasteiger partial charge in [-0.15, -0.1) is 0 Å². The first-order chi connectivity index (χ1) is 15.6. The third kappa shape index (κ3) is 4.04. The van der Waals surface area contributed by atoms with Gasteiger partial charge in [0.1, 0.15) is 5.75 Å². The van der Waals surface area contributed by atoms with E-state index >= 15 is 0 Å². The molecule has 0 fully saturated rings. The maximum absolute atomic E-state index is 13.7. The Balaban J connectivity index is 1.80. The Labute approximate surface area is 211 Å². The molecule has 3 aromatic rings. The highest BCUT2D eigenvalue weighted by atomic mass is 79.9. The summed E-state index contributed by atoms with van der Waals surface area (Å²) in [6.45, 7) is 8.43. The van der Waals surface area contributed by atoms with E-state index in [0.717, 1.165) is 37.9 Å². The van der Waals surface area contributed by atoms with E-state index in [2.05, 4.69) is 93.5 Å². The summed E-state index contributed by atoms with van der Waals surface area (Å²) >= 11 is 7.35. The molecule has 1 aliphatic carbocycles. The van der Waals surface area contributed by atoms with Crippen molar-refractivity contribution in [1.82, 2.24) is 0 Å². The maximum Gasteiger partial charge on any atom is 0.162 e. The lowest BCUT2D eigenvalue weighted by atomic mass is 9.68. The fraction of sp³-hybridized carbons (Fsp3) is 0.321. The minimum Gasteiger partial charge on any atom is -0.489 e. The highest BCUT2D eigenvalue weighted by Gasteiger charge is 2.41. The highest BCUT2D eigenvalue weighted by molar-refractivity contribution is 9.11. The van der Waals surface area contributed by atoms with Crippen molar-refractivity contribution in [3.8, 4) is 5.75 Å². The number of allylic oxidation sites excluding steroid dienone is 1. The number of halogens is 2. The van der Waals surface area contributed by atoms with E-state index in [-0.39, 0.29) is 23.3 Å². The van der Waals surface area contributed by atoms with Crippen molar-refractivity contribution in [3.05, 3.63) is 74.2 Å². The molecule has 0 spiro atoms. The van der Waals surface area contributed by atoms with Gasteiger partial charge in [-0.3, -0.25) is 4.79 Å². The van der Waals surface area contributed by atoms with Crippen LogP contribution in [0.2, 0.25) is 0 Å². The topological polar surface area (TPSA) is 38.3 Å². The molecule has 0 unspecified atom stereocenters. The minimum atomic E-state index is -0.278. The Morgan fingerprint density at radius 1 is 1.06 bits per heavy atom. The zero-order chi connectivity index (χ0) is 23.5. The van der Waals surface area contributed by atoms with Crippen LogP contribution in [0.15, 0.2) is 63.0 Å².